The molecule has 4 aliphatic rings. The van der Waals surface area contributed by atoms with Crippen molar-refractivity contribution in [3.8, 4) is 0 Å². The van der Waals surface area contributed by atoms with Crippen LogP contribution >= 0.6 is 0 Å². The van der Waals surface area contributed by atoms with E-state index in [0.29, 0.717) is 17.0 Å². The molecule has 4 amide bonds. The van der Waals surface area contributed by atoms with E-state index in [9.17, 15) is 19.2 Å². The third kappa shape index (κ3) is 3.61. The number of piperidine rings is 1. The Morgan fingerprint density at radius 2 is 1.77 bits per heavy atom. The normalized spacial score (nSPS) is 27.1. The standard InChI is InChI=1S/C22H27N5O4/c28-18-5-4-17(20(29)24-18)27-21(30)15-2-1-3-16(19(15)22(27)31)26-9-6-14(13-26)12-25-10-7-23-8-11-25/h1-3,14,17,23H,4-13H2,(H,24,28,29). The highest BCUT2D eigenvalue weighted by molar-refractivity contribution is 6.25. The molecule has 0 radical (unpaired) electrons. The summed E-state index contributed by atoms with van der Waals surface area (Å²) in [6.45, 7) is 6.90. The molecule has 0 aromatic heterocycles. The number of piperazine rings is 1. The second kappa shape index (κ2) is 8.05. The summed E-state index contributed by atoms with van der Waals surface area (Å²) in [6, 6.07) is 4.42. The molecule has 31 heavy (non-hydrogen) atoms. The second-order valence-corrected chi connectivity index (χ2v) is 8.80. The summed E-state index contributed by atoms with van der Waals surface area (Å²) in [5, 5.41) is 5.62. The van der Waals surface area contributed by atoms with E-state index >= 15 is 0 Å². The molecule has 4 heterocycles. The van der Waals surface area contributed by atoms with Crippen LogP contribution in [-0.2, 0) is 9.59 Å². The highest BCUT2D eigenvalue weighted by atomic mass is 16.2. The van der Waals surface area contributed by atoms with Crippen molar-refractivity contribution in [3.63, 3.8) is 0 Å². The zero-order valence-electron chi connectivity index (χ0n) is 17.4. The molecular weight excluding hydrogens is 398 g/mol. The van der Waals surface area contributed by atoms with Crippen molar-refractivity contribution in [2.75, 3.05) is 50.7 Å². The SMILES string of the molecule is O=C1CCC(N2C(=O)c3cccc(N4CCC(CN5CCNCC5)C4)c3C2=O)C(=O)N1. The fraction of sp³-hybridized carbons (Fsp3) is 0.545. The molecular formula is C22H27N5O4. The van der Waals surface area contributed by atoms with E-state index in [0.717, 1.165) is 62.8 Å². The molecule has 3 saturated heterocycles. The van der Waals surface area contributed by atoms with Crippen molar-refractivity contribution in [1.29, 1.82) is 0 Å². The molecule has 1 aromatic carbocycles. The van der Waals surface area contributed by atoms with Gasteiger partial charge in [0.15, 0.2) is 0 Å². The molecule has 3 fully saturated rings. The van der Waals surface area contributed by atoms with Crippen molar-refractivity contribution < 1.29 is 19.2 Å². The molecule has 1 aromatic rings. The first-order chi connectivity index (χ1) is 15.0. The lowest BCUT2D eigenvalue weighted by atomic mass is 10.0. The fourth-order valence-electron chi connectivity index (χ4n) is 5.22. The number of hydrogen-bond donors (Lipinski definition) is 2. The molecule has 5 rings (SSSR count). The van der Waals surface area contributed by atoms with Gasteiger partial charge < -0.3 is 15.1 Å². The largest absolute Gasteiger partial charge is 0.371 e. The Balaban J connectivity index is 1.35. The van der Waals surface area contributed by atoms with Crippen LogP contribution in [0.5, 0.6) is 0 Å². The molecule has 2 N–H and O–H groups in total. The smallest absolute Gasteiger partial charge is 0.264 e. The van der Waals surface area contributed by atoms with Crippen molar-refractivity contribution in [3.05, 3.63) is 29.3 Å². The number of imide groups is 2. The maximum Gasteiger partial charge on any atom is 0.264 e. The highest BCUT2D eigenvalue weighted by Gasteiger charge is 2.46. The van der Waals surface area contributed by atoms with Crippen LogP contribution in [0.2, 0.25) is 0 Å². The number of nitrogens with one attached hydrogen (secondary N) is 2. The minimum Gasteiger partial charge on any atom is -0.371 e. The summed E-state index contributed by atoms with van der Waals surface area (Å²) in [5.41, 5.74) is 1.51. The van der Waals surface area contributed by atoms with E-state index in [1.54, 1.807) is 12.1 Å². The fourth-order valence-corrected chi connectivity index (χ4v) is 5.22. The Bertz CT molecular complexity index is 942. The summed E-state index contributed by atoms with van der Waals surface area (Å²) in [4.78, 5) is 55.9. The Labute approximate surface area is 180 Å². The molecule has 2 unspecified atom stereocenters. The number of hydrogen-bond acceptors (Lipinski definition) is 7. The Kier molecular flexibility index (Phi) is 5.23. The maximum absolute atomic E-state index is 13.3. The zero-order chi connectivity index (χ0) is 21.5. The van der Waals surface area contributed by atoms with Gasteiger partial charge in [-0.05, 0) is 30.9 Å². The van der Waals surface area contributed by atoms with Crippen molar-refractivity contribution >= 4 is 29.3 Å². The number of fused-ring (bicyclic) bond motifs is 1. The van der Waals surface area contributed by atoms with Gasteiger partial charge in [-0.25, -0.2) is 0 Å². The van der Waals surface area contributed by atoms with E-state index in [1.807, 2.05) is 6.07 Å². The molecule has 2 atom stereocenters. The van der Waals surface area contributed by atoms with Crippen LogP contribution in [-0.4, -0.2) is 85.3 Å². The highest BCUT2D eigenvalue weighted by Crippen LogP contribution is 2.36. The molecule has 164 valence electrons. The number of amides is 4. The van der Waals surface area contributed by atoms with Gasteiger partial charge in [0.1, 0.15) is 6.04 Å². The summed E-state index contributed by atoms with van der Waals surface area (Å²) in [7, 11) is 0. The number of rotatable bonds is 4. The van der Waals surface area contributed by atoms with E-state index in [-0.39, 0.29) is 18.7 Å². The van der Waals surface area contributed by atoms with Gasteiger partial charge in [-0.15, -0.1) is 0 Å². The van der Waals surface area contributed by atoms with Crippen molar-refractivity contribution in [2.45, 2.75) is 25.3 Å². The van der Waals surface area contributed by atoms with Gasteiger partial charge in [-0.1, -0.05) is 6.07 Å². The van der Waals surface area contributed by atoms with Crippen LogP contribution in [0.25, 0.3) is 0 Å². The average Bonchev–Trinajstić information content (AvgIpc) is 3.32. The molecule has 9 nitrogen and oxygen atoms in total. The van der Waals surface area contributed by atoms with Crippen LogP contribution in [0.3, 0.4) is 0 Å². The summed E-state index contributed by atoms with van der Waals surface area (Å²) < 4.78 is 0. The quantitative estimate of drug-likeness (QED) is 0.645. The van der Waals surface area contributed by atoms with E-state index in [4.69, 9.17) is 0 Å². The zero-order valence-corrected chi connectivity index (χ0v) is 17.4. The minimum atomic E-state index is -0.933. The molecule has 4 aliphatic heterocycles. The van der Waals surface area contributed by atoms with E-state index in [1.165, 1.54) is 0 Å². The monoisotopic (exact) mass is 425 g/mol. The second-order valence-electron chi connectivity index (χ2n) is 8.80. The van der Waals surface area contributed by atoms with Crippen molar-refractivity contribution in [1.82, 2.24) is 20.4 Å². The van der Waals surface area contributed by atoms with Crippen LogP contribution in [0.4, 0.5) is 5.69 Å². The molecule has 0 aliphatic carbocycles. The Morgan fingerprint density at radius 1 is 0.968 bits per heavy atom. The van der Waals surface area contributed by atoms with Gasteiger partial charge in [-0.3, -0.25) is 29.4 Å². The summed E-state index contributed by atoms with van der Waals surface area (Å²) in [5.74, 6) is -1.31. The Hall–Kier alpha value is -2.78. The van der Waals surface area contributed by atoms with Gasteiger partial charge in [0.2, 0.25) is 11.8 Å². The lowest BCUT2D eigenvalue weighted by molar-refractivity contribution is -0.136. The van der Waals surface area contributed by atoms with Crippen LogP contribution < -0.4 is 15.5 Å². The number of benzene rings is 1. The number of carbonyl (C=O) groups excluding carboxylic acids is 4. The van der Waals surface area contributed by atoms with Crippen LogP contribution in [0.1, 0.15) is 40.0 Å². The number of anilines is 1. The third-order valence-corrected chi connectivity index (χ3v) is 6.80. The maximum atomic E-state index is 13.3. The minimum absolute atomic E-state index is 0.122. The number of carbonyl (C=O) groups is 4. The average molecular weight is 425 g/mol. The topological polar surface area (TPSA) is 102 Å². The predicted octanol–water partition coefficient (Wildman–Crippen LogP) is -0.181. The predicted molar refractivity (Wildman–Crippen MR) is 113 cm³/mol. The first-order valence-corrected chi connectivity index (χ1v) is 11.1. The molecule has 0 spiro atoms. The summed E-state index contributed by atoms with van der Waals surface area (Å²) >= 11 is 0. The van der Waals surface area contributed by atoms with Crippen molar-refractivity contribution in [2.24, 2.45) is 5.92 Å². The first kappa shape index (κ1) is 20.1. The van der Waals surface area contributed by atoms with Crippen LogP contribution in [0, 0.1) is 5.92 Å². The third-order valence-electron chi connectivity index (χ3n) is 6.80. The molecule has 0 saturated carbocycles. The van der Waals surface area contributed by atoms with Gasteiger partial charge in [0.05, 0.1) is 16.8 Å². The lowest BCUT2D eigenvalue weighted by Crippen LogP contribution is -2.54. The van der Waals surface area contributed by atoms with Gasteiger partial charge >= 0.3 is 0 Å². The number of nitrogens with zero attached hydrogens (tertiary/aromatic N) is 3. The van der Waals surface area contributed by atoms with E-state index in [2.05, 4.69) is 20.4 Å². The Morgan fingerprint density at radius 3 is 2.55 bits per heavy atom. The van der Waals surface area contributed by atoms with Gasteiger partial charge in [0, 0.05) is 52.2 Å². The molecule has 0 bridgehead atoms. The van der Waals surface area contributed by atoms with E-state index < -0.39 is 23.8 Å². The summed E-state index contributed by atoms with van der Waals surface area (Å²) in [6.07, 6.45) is 1.34. The van der Waals surface area contributed by atoms with Gasteiger partial charge in [0.25, 0.3) is 11.8 Å². The van der Waals surface area contributed by atoms with Crippen LogP contribution in [0.15, 0.2) is 18.2 Å². The first-order valence-electron chi connectivity index (χ1n) is 11.1. The lowest BCUT2D eigenvalue weighted by Gasteiger charge is -2.30. The molecule has 9 heteroatoms. The van der Waals surface area contributed by atoms with Gasteiger partial charge in [-0.2, -0.15) is 0 Å².